The fraction of sp³-hybridized carbons (Fsp3) is 0.158. The van der Waals surface area contributed by atoms with Gasteiger partial charge in [0.1, 0.15) is 12.4 Å². The van der Waals surface area contributed by atoms with E-state index in [2.05, 4.69) is 10.3 Å². The number of nitrogens with zero attached hydrogens (tertiary/aromatic N) is 2. The Morgan fingerprint density at radius 3 is 2.71 bits per heavy atom. The van der Waals surface area contributed by atoms with Crippen LogP contribution in [0.15, 0.2) is 41.5 Å². The maximum Gasteiger partial charge on any atom is 0.261 e. The van der Waals surface area contributed by atoms with Gasteiger partial charge >= 0.3 is 0 Å². The Morgan fingerprint density at radius 1 is 1.21 bits per heavy atom. The first kappa shape index (κ1) is 17.7. The van der Waals surface area contributed by atoms with E-state index in [4.69, 9.17) is 9.47 Å². The van der Waals surface area contributed by atoms with Crippen LogP contribution in [0, 0.1) is 5.82 Å². The van der Waals surface area contributed by atoms with Gasteiger partial charge < -0.3 is 14.8 Å². The number of ether oxygens (including phenoxy) is 2. The van der Waals surface area contributed by atoms with E-state index in [1.165, 1.54) is 37.5 Å². The van der Waals surface area contributed by atoms with Crippen molar-refractivity contribution in [2.45, 2.75) is 13.5 Å². The standard InChI is InChI=1S/C19H14FN3O5/c1-10(24)12-5-16-17(28-9-27-16)6-15(12)22-18(25)7-23-8-21-14-3-2-11(20)4-13(14)19(23)26/h2-6,8H,7,9H2,1H3,(H,22,25). The molecule has 0 spiro atoms. The summed E-state index contributed by atoms with van der Waals surface area (Å²) in [7, 11) is 0. The number of aromatic nitrogens is 2. The lowest BCUT2D eigenvalue weighted by atomic mass is 10.1. The van der Waals surface area contributed by atoms with Crippen LogP contribution < -0.4 is 20.3 Å². The van der Waals surface area contributed by atoms with Gasteiger partial charge in [-0.1, -0.05) is 0 Å². The highest BCUT2D eigenvalue weighted by Gasteiger charge is 2.20. The molecule has 3 aromatic rings. The smallest absolute Gasteiger partial charge is 0.261 e. The monoisotopic (exact) mass is 383 g/mol. The second kappa shape index (κ2) is 6.76. The maximum absolute atomic E-state index is 13.4. The maximum atomic E-state index is 13.4. The molecular weight excluding hydrogens is 369 g/mol. The van der Waals surface area contributed by atoms with E-state index in [9.17, 15) is 18.8 Å². The lowest BCUT2D eigenvalue weighted by Gasteiger charge is -2.11. The van der Waals surface area contributed by atoms with Crippen molar-refractivity contribution < 1.29 is 23.5 Å². The molecule has 0 saturated carbocycles. The Balaban J connectivity index is 1.62. The van der Waals surface area contributed by atoms with Crippen molar-refractivity contribution >= 4 is 28.3 Å². The van der Waals surface area contributed by atoms with Crippen molar-refractivity contribution in [3.8, 4) is 11.5 Å². The fourth-order valence-corrected chi connectivity index (χ4v) is 2.92. The minimum absolute atomic E-state index is 0.0266. The second-order valence-electron chi connectivity index (χ2n) is 6.19. The molecular formula is C19H14FN3O5. The number of halogens is 1. The highest BCUT2D eigenvalue weighted by Crippen LogP contribution is 2.37. The first-order chi connectivity index (χ1) is 13.4. The van der Waals surface area contributed by atoms with E-state index in [1.54, 1.807) is 0 Å². The molecule has 0 radical (unpaired) electrons. The predicted octanol–water partition coefficient (Wildman–Crippen LogP) is 2.11. The van der Waals surface area contributed by atoms with Crippen LogP contribution >= 0.6 is 0 Å². The van der Waals surface area contributed by atoms with Crippen LogP contribution in [0.1, 0.15) is 17.3 Å². The molecule has 0 bridgehead atoms. The van der Waals surface area contributed by atoms with E-state index < -0.39 is 17.3 Å². The van der Waals surface area contributed by atoms with Crippen LogP contribution in [0.4, 0.5) is 10.1 Å². The van der Waals surface area contributed by atoms with Crippen molar-refractivity contribution in [2.75, 3.05) is 12.1 Å². The van der Waals surface area contributed by atoms with Crippen LogP contribution in [0.3, 0.4) is 0 Å². The number of carbonyl (C=O) groups excluding carboxylic acids is 2. The van der Waals surface area contributed by atoms with Gasteiger partial charge in [-0.3, -0.25) is 19.0 Å². The zero-order chi connectivity index (χ0) is 19.8. The van der Waals surface area contributed by atoms with Crippen molar-refractivity contribution in [1.29, 1.82) is 0 Å². The Morgan fingerprint density at radius 2 is 1.96 bits per heavy atom. The Hall–Kier alpha value is -3.75. The number of hydrogen-bond acceptors (Lipinski definition) is 6. The van der Waals surface area contributed by atoms with Gasteiger partial charge in [0.15, 0.2) is 17.3 Å². The lowest BCUT2D eigenvalue weighted by Crippen LogP contribution is -2.28. The third-order valence-corrected chi connectivity index (χ3v) is 4.27. The lowest BCUT2D eigenvalue weighted by molar-refractivity contribution is -0.116. The molecule has 142 valence electrons. The summed E-state index contributed by atoms with van der Waals surface area (Å²) in [6, 6.07) is 6.66. The average Bonchev–Trinajstić information content (AvgIpc) is 3.11. The summed E-state index contributed by atoms with van der Waals surface area (Å²) in [6.07, 6.45) is 1.22. The van der Waals surface area contributed by atoms with Crippen LogP contribution in [-0.2, 0) is 11.3 Å². The van der Waals surface area contributed by atoms with E-state index >= 15 is 0 Å². The molecule has 0 unspecified atom stereocenters. The number of ketones is 1. The fourth-order valence-electron chi connectivity index (χ4n) is 2.92. The van der Waals surface area contributed by atoms with E-state index in [-0.39, 0.29) is 35.8 Å². The largest absolute Gasteiger partial charge is 0.454 e. The summed E-state index contributed by atoms with van der Waals surface area (Å²) < 4.78 is 25.0. The molecule has 0 aliphatic carbocycles. The minimum Gasteiger partial charge on any atom is -0.454 e. The van der Waals surface area contributed by atoms with Crippen molar-refractivity contribution in [1.82, 2.24) is 9.55 Å². The molecule has 2 heterocycles. The van der Waals surface area contributed by atoms with Crippen LogP contribution in [0.5, 0.6) is 11.5 Å². The highest BCUT2D eigenvalue weighted by molar-refractivity contribution is 6.04. The van der Waals surface area contributed by atoms with Gasteiger partial charge in [-0.25, -0.2) is 9.37 Å². The molecule has 9 heteroatoms. The SMILES string of the molecule is CC(=O)c1cc2c(cc1NC(=O)Cn1cnc3ccc(F)cc3c1=O)OCO2. The van der Waals surface area contributed by atoms with Crippen LogP contribution in [-0.4, -0.2) is 28.0 Å². The summed E-state index contributed by atoms with van der Waals surface area (Å²) in [5.74, 6) is -0.574. The molecule has 1 aliphatic rings. The Labute approximate surface area is 157 Å². The number of amides is 1. The molecule has 0 saturated heterocycles. The number of rotatable bonds is 4. The van der Waals surface area contributed by atoms with Gasteiger partial charge in [0.25, 0.3) is 5.56 Å². The van der Waals surface area contributed by atoms with Crippen molar-refractivity contribution in [2.24, 2.45) is 0 Å². The number of hydrogen-bond donors (Lipinski definition) is 1. The van der Waals surface area contributed by atoms with Gasteiger partial charge in [-0.2, -0.15) is 0 Å². The number of carbonyl (C=O) groups is 2. The summed E-state index contributed by atoms with van der Waals surface area (Å²) >= 11 is 0. The molecule has 1 aliphatic heterocycles. The number of fused-ring (bicyclic) bond motifs is 2. The second-order valence-corrected chi connectivity index (χ2v) is 6.19. The minimum atomic E-state index is -0.569. The van der Waals surface area contributed by atoms with Gasteiger partial charge in [0.05, 0.1) is 22.9 Å². The quantitative estimate of drug-likeness (QED) is 0.693. The summed E-state index contributed by atoms with van der Waals surface area (Å²) in [4.78, 5) is 40.9. The number of benzene rings is 2. The van der Waals surface area contributed by atoms with Crippen molar-refractivity contribution in [3.63, 3.8) is 0 Å². The predicted molar refractivity (Wildman–Crippen MR) is 97.2 cm³/mol. The van der Waals surface area contributed by atoms with E-state index in [1.807, 2.05) is 0 Å². The zero-order valence-electron chi connectivity index (χ0n) is 14.7. The number of nitrogens with one attached hydrogen (secondary N) is 1. The third kappa shape index (κ3) is 3.18. The molecule has 0 atom stereocenters. The summed E-state index contributed by atoms with van der Waals surface area (Å²) in [5, 5.41) is 2.67. The van der Waals surface area contributed by atoms with Gasteiger partial charge in [0, 0.05) is 11.6 Å². The average molecular weight is 383 g/mol. The molecule has 2 aromatic carbocycles. The molecule has 28 heavy (non-hydrogen) atoms. The molecule has 4 rings (SSSR count). The number of Topliss-reactive ketones (excluding diaryl/α,β-unsaturated/α-hetero) is 1. The summed E-state index contributed by atoms with van der Waals surface area (Å²) in [6.45, 7) is 1.03. The Kier molecular flexibility index (Phi) is 4.26. The van der Waals surface area contributed by atoms with Gasteiger partial charge in [0.2, 0.25) is 12.7 Å². The summed E-state index contributed by atoms with van der Waals surface area (Å²) in [5.41, 5.74) is 0.285. The number of anilines is 1. The first-order valence-electron chi connectivity index (χ1n) is 8.31. The topological polar surface area (TPSA) is 99.5 Å². The first-order valence-corrected chi connectivity index (χ1v) is 8.31. The molecule has 1 aromatic heterocycles. The van der Waals surface area contributed by atoms with Gasteiger partial charge in [-0.05, 0) is 31.2 Å². The van der Waals surface area contributed by atoms with Crippen molar-refractivity contribution in [3.05, 3.63) is 58.4 Å². The van der Waals surface area contributed by atoms with Crippen LogP contribution in [0.25, 0.3) is 10.9 Å². The zero-order valence-corrected chi connectivity index (χ0v) is 14.7. The van der Waals surface area contributed by atoms with Gasteiger partial charge in [-0.15, -0.1) is 0 Å². The normalized spacial score (nSPS) is 12.2. The van der Waals surface area contributed by atoms with E-state index in [0.29, 0.717) is 17.0 Å². The molecule has 1 amide bonds. The van der Waals surface area contributed by atoms with E-state index in [0.717, 1.165) is 10.6 Å². The highest BCUT2D eigenvalue weighted by atomic mass is 19.1. The third-order valence-electron chi connectivity index (χ3n) is 4.27. The van der Waals surface area contributed by atoms with Crippen LogP contribution in [0.2, 0.25) is 0 Å². The molecule has 1 N–H and O–H groups in total. The Bertz CT molecular complexity index is 1190. The molecule has 8 nitrogen and oxygen atoms in total. The molecule has 0 fully saturated rings.